The molecule has 2 N–H and O–H groups in total. The van der Waals surface area contributed by atoms with Crippen LogP contribution in [0, 0.1) is 0 Å². The summed E-state index contributed by atoms with van der Waals surface area (Å²) in [6, 6.07) is 1.50. The van der Waals surface area contributed by atoms with Crippen molar-refractivity contribution >= 4 is 49.1 Å². The first kappa shape index (κ1) is 13.7. The molecule has 0 spiro atoms. The van der Waals surface area contributed by atoms with Crippen molar-refractivity contribution < 1.29 is 13.2 Å². The summed E-state index contributed by atoms with van der Waals surface area (Å²) in [4.78, 5) is 17.0. The zero-order valence-corrected chi connectivity index (χ0v) is 12.2. The SMILES string of the molecule is NS(=O)(=O)C1CC(=O)N(c2cc(Cl)ncc2Br)C1. The summed E-state index contributed by atoms with van der Waals surface area (Å²) in [7, 11) is -3.73. The summed E-state index contributed by atoms with van der Waals surface area (Å²) in [6.07, 6.45) is 1.33. The number of rotatable bonds is 2. The number of anilines is 1. The van der Waals surface area contributed by atoms with E-state index in [0.717, 1.165) is 0 Å². The number of amides is 1. The Balaban J connectivity index is 2.35. The van der Waals surface area contributed by atoms with Gasteiger partial charge in [-0.1, -0.05) is 11.6 Å². The highest BCUT2D eigenvalue weighted by Gasteiger charge is 2.37. The summed E-state index contributed by atoms with van der Waals surface area (Å²) in [6.45, 7) is 0.0244. The molecule has 2 heterocycles. The maximum absolute atomic E-state index is 11.8. The minimum atomic E-state index is -3.73. The Morgan fingerprint density at radius 2 is 2.22 bits per heavy atom. The molecule has 2 rings (SSSR count). The van der Waals surface area contributed by atoms with Crippen molar-refractivity contribution in [3.63, 3.8) is 0 Å². The van der Waals surface area contributed by atoms with Crippen molar-refractivity contribution in [1.82, 2.24) is 4.98 Å². The maximum atomic E-state index is 11.8. The second-order valence-electron chi connectivity index (χ2n) is 3.88. The smallest absolute Gasteiger partial charge is 0.228 e. The number of halogens is 2. The van der Waals surface area contributed by atoms with Crippen molar-refractivity contribution in [2.75, 3.05) is 11.4 Å². The predicted octanol–water partition coefficient (Wildman–Crippen LogP) is 0.891. The molecule has 1 fully saturated rings. The van der Waals surface area contributed by atoms with E-state index in [1.165, 1.54) is 17.2 Å². The molecule has 1 aromatic heterocycles. The highest BCUT2D eigenvalue weighted by Crippen LogP contribution is 2.31. The Bertz CT molecular complexity index is 607. The van der Waals surface area contributed by atoms with Gasteiger partial charge < -0.3 is 4.90 Å². The third-order valence-electron chi connectivity index (χ3n) is 2.65. The molecule has 9 heteroatoms. The minimum absolute atomic E-state index is 0.0244. The number of carbonyl (C=O) groups excluding carboxylic acids is 1. The van der Waals surface area contributed by atoms with Crippen molar-refractivity contribution in [2.24, 2.45) is 5.14 Å². The fourth-order valence-electron chi connectivity index (χ4n) is 1.74. The van der Waals surface area contributed by atoms with Crippen molar-refractivity contribution in [1.29, 1.82) is 0 Å². The minimum Gasteiger partial charge on any atom is -0.310 e. The first-order valence-electron chi connectivity index (χ1n) is 4.92. The molecule has 1 unspecified atom stereocenters. The molecule has 0 aromatic carbocycles. The van der Waals surface area contributed by atoms with E-state index < -0.39 is 15.3 Å². The summed E-state index contributed by atoms with van der Waals surface area (Å²) < 4.78 is 23.1. The maximum Gasteiger partial charge on any atom is 0.228 e. The van der Waals surface area contributed by atoms with Gasteiger partial charge in [0.05, 0.1) is 10.2 Å². The fourth-order valence-corrected chi connectivity index (χ4v) is 3.05. The lowest BCUT2D eigenvalue weighted by Gasteiger charge is -2.17. The highest BCUT2D eigenvalue weighted by atomic mass is 79.9. The Labute approximate surface area is 117 Å². The predicted molar refractivity (Wildman–Crippen MR) is 70.8 cm³/mol. The van der Waals surface area contributed by atoms with Crippen LogP contribution in [0.2, 0.25) is 5.15 Å². The topological polar surface area (TPSA) is 93.4 Å². The van der Waals surface area contributed by atoms with Gasteiger partial charge in [-0.25, -0.2) is 18.5 Å². The number of sulfonamides is 1. The quantitative estimate of drug-likeness (QED) is 0.798. The van der Waals surface area contributed by atoms with Crippen LogP contribution in [0.15, 0.2) is 16.7 Å². The Hall–Kier alpha value is -0.700. The molecule has 1 amide bonds. The van der Waals surface area contributed by atoms with E-state index in [4.69, 9.17) is 16.7 Å². The summed E-state index contributed by atoms with van der Waals surface area (Å²) in [5, 5.41) is 4.39. The summed E-state index contributed by atoms with van der Waals surface area (Å²) in [5.74, 6) is -0.308. The van der Waals surface area contributed by atoms with Gasteiger partial charge in [-0.3, -0.25) is 4.79 Å². The first-order valence-corrected chi connectivity index (χ1v) is 7.70. The molecular formula is C9H9BrClN3O3S. The van der Waals surface area contributed by atoms with Gasteiger partial charge in [-0.2, -0.15) is 0 Å². The third kappa shape index (κ3) is 2.66. The molecule has 1 saturated heterocycles. The number of hydrogen-bond acceptors (Lipinski definition) is 4. The number of nitrogens with two attached hydrogens (primary N) is 1. The zero-order chi connectivity index (χ0) is 13.5. The van der Waals surface area contributed by atoms with Gasteiger partial charge in [-0.05, 0) is 15.9 Å². The Kier molecular flexibility index (Phi) is 3.63. The van der Waals surface area contributed by atoms with Gasteiger partial charge >= 0.3 is 0 Å². The van der Waals surface area contributed by atoms with Crippen LogP contribution in [0.4, 0.5) is 5.69 Å². The van der Waals surface area contributed by atoms with E-state index in [0.29, 0.717) is 10.2 Å². The molecule has 1 aromatic rings. The number of carbonyl (C=O) groups is 1. The van der Waals surface area contributed by atoms with E-state index >= 15 is 0 Å². The third-order valence-corrected chi connectivity index (χ3v) is 4.71. The average molecular weight is 355 g/mol. The summed E-state index contributed by atoms with van der Waals surface area (Å²) in [5.41, 5.74) is 0.492. The van der Waals surface area contributed by atoms with Crippen LogP contribution in [0.5, 0.6) is 0 Å². The molecule has 0 bridgehead atoms. The zero-order valence-electron chi connectivity index (χ0n) is 9.01. The van der Waals surface area contributed by atoms with Crippen LogP contribution in [-0.2, 0) is 14.8 Å². The van der Waals surface area contributed by atoms with Crippen molar-refractivity contribution in [3.05, 3.63) is 21.9 Å². The molecule has 1 aliphatic heterocycles. The van der Waals surface area contributed by atoms with E-state index in [2.05, 4.69) is 20.9 Å². The van der Waals surface area contributed by atoms with Gasteiger partial charge in [0.1, 0.15) is 10.4 Å². The largest absolute Gasteiger partial charge is 0.310 e. The van der Waals surface area contributed by atoms with Crippen LogP contribution in [-0.4, -0.2) is 31.1 Å². The number of primary sulfonamides is 1. The second kappa shape index (κ2) is 4.76. The van der Waals surface area contributed by atoms with Gasteiger partial charge in [0, 0.05) is 25.2 Å². The van der Waals surface area contributed by atoms with Gasteiger partial charge in [0.25, 0.3) is 0 Å². The molecule has 1 aliphatic rings. The normalized spacial score (nSPS) is 20.5. The lowest BCUT2D eigenvalue weighted by Crippen LogP contribution is -2.32. The summed E-state index contributed by atoms with van der Waals surface area (Å²) >= 11 is 9.00. The van der Waals surface area contributed by atoms with Gasteiger partial charge in [0.15, 0.2) is 0 Å². The van der Waals surface area contributed by atoms with Crippen LogP contribution < -0.4 is 10.0 Å². The fraction of sp³-hybridized carbons (Fsp3) is 0.333. The van der Waals surface area contributed by atoms with E-state index in [-0.39, 0.29) is 24.0 Å². The monoisotopic (exact) mass is 353 g/mol. The molecule has 1 atom stereocenters. The Morgan fingerprint density at radius 1 is 1.56 bits per heavy atom. The van der Waals surface area contributed by atoms with Gasteiger partial charge in [-0.15, -0.1) is 0 Å². The molecular weight excluding hydrogens is 346 g/mol. The van der Waals surface area contributed by atoms with E-state index in [1.807, 2.05) is 0 Å². The van der Waals surface area contributed by atoms with Crippen molar-refractivity contribution in [2.45, 2.75) is 11.7 Å². The number of hydrogen-bond donors (Lipinski definition) is 1. The molecule has 0 saturated carbocycles. The second-order valence-corrected chi connectivity index (χ2v) is 6.96. The lowest BCUT2D eigenvalue weighted by molar-refractivity contribution is -0.117. The average Bonchev–Trinajstić information content (AvgIpc) is 2.64. The molecule has 98 valence electrons. The molecule has 0 radical (unpaired) electrons. The highest BCUT2D eigenvalue weighted by molar-refractivity contribution is 9.10. The Morgan fingerprint density at radius 3 is 2.78 bits per heavy atom. The molecule has 18 heavy (non-hydrogen) atoms. The van der Waals surface area contributed by atoms with Crippen LogP contribution in [0.1, 0.15) is 6.42 Å². The van der Waals surface area contributed by atoms with Gasteiger partial charge in [0.2, 0.25) is 15.9 Å². The molecule has 0 aliphatic carbocycles. The molecule has 6 nitrogen and oxygen atoms in total. The van der Waals surface area contributed by atoms with Crippen LogP contribution in [0.25, 0.3) is 0 Å². The number of nitrogens with zero attached hydrogens (tertiary/aromatic N) is 2. The van der Waals surface area contributed by atoms with E-state index in [1.54, 1.807) is 0 Å². The lowest BCUT2D eigenvalue weighted by atomic mass is 10.3. The number of pyridine rings is 1. The van der Waals surface area contributed by atoms with Crippen molar-refractivity contribution in [3.8, 4) is 0 Å². The van der Waals surface area contributed by atoms with Crippen LogP contribution >= 0.6 is 27.5 Å². The van der Waals surface area contributed by atoms with Crippen LogP contribution in [0.3, 0.4) is 0 Å². The standard InChI is InChI=1S/C9H9BrClN3O3S/c10-6-3-13-8(11)2-7(6)14-4-5(1-9(14)15)18(12,16)17/h2-3,5H,1,4H2,(H2,12,16,17). The van der Waals surface area contributed by atoms with E-state index in [9.17, 15) is 13.2 Å². The first-order chi connectivity index (χ1) is 8.29. The number of aromatic nitrogens is 1.